The first kappa shape index (κ1) is 17.3. The molecule has 4 rings (SSSR count). The molecule has 0 spiro atoms. The van der Waals surface area contributed by atoms with Gasteiger partial charge in [-0.05, 0) is 12.1 Å². The molecule has 0 amide bonds. The zero-order valence-electron chi connectivity index (χ0n) is 13.7. The first-order valence-electron chi connectivity index (χ1n) is 7.92. The summed E-state index contributed by atoms with van der Waals surface area (Å²) >= 11 is 0. The number of halogens is 1. The first-order chi connectivity index (χ1) is 13.0. The minimum absolute atomic E-state index is 0.0228. The molecule has 1 aromatic carbocycles. The third kappa shape index (κ3) is 2.87. The normalized spacial score (nSPS) is 19.6. The SMILES string of the molecule is O=c1[nH]cc(F)c2nc(-c3ccc([N+](=O)[O-])cc3)c([C@@H]3CO[C@@H](CO)O3)n12. The maximum atomic E-state index is 14.2. The maximum absolute atomic E-state index is 14.2. The van der Waals surface area contributed by atoms with E-state index < -0.39 is 28.8 Å². The van der Waals surface area contributed by atoms with Crippen LogP contribution < -0.4 is 5.69 Å². The molecule has 11 heteroatoms. The number of non-ortho nitro benzene ring substituents is 1. The predicted molar refractivity (Wildman–Crippen MR) is 88.5 cm³/mol. The van der Waals surface area contributed by atoms with Gasteiger partial charge in [-0.25, -0.2) is 18.6 Å². The summed E-state index contributed by atoms with van der Waals surface area (Å²) in [6.45, 7) is -0.361. The van der Waals surface area contributed by atoms with Gasteiger partial charge < -0.3 is 19.6 Å². The molecule has 1 aliphatic heterocycles. The smallest absolute Gasteiger partial charge is 0.331 e. The van der Waals surface area contributed by atoms with E-state index in [4.69, 9.17) is 9.47 Å². The lowest BCUT2D eigenvalue weighted by Crippen LogP contribution is -2.21. The third-order valence-electron chi connectivity index (χ3n) is 4.21. The average molecular weight is 376 g/mol. The molecular formula is C16H13FN4O6. The highest BCUT2D eigenvalue weighted by Gasteiger charge is 2.33. The summed E-state index contributed by atoms with van der Waals surface area (Å²) < 4.78 is 26.1. The highest BCUT2D eigenvalue weighted by Crippen LogP contribution is 2.35. The Labute approximate surface area is 150 Å². The Morgan fingerprint density at radius 2 is 2.15 bits per heavy atom. The summed E-state index contributed by atoms with van der Waals surface area (Å²) in [6, 6.07) is 5.47. The van der Waals surface area contributed by atoms with E-state index >= 15 is 0 Å². The molecule has 2 aromatic heterocycles. The lowest BCUT2D eigenvalue weighted by Gasteiger charge is -2.11. The van der Waals surface area contributed by atoms with Crippen LogP contribution in [0.2, 0.25) is 0 Å². The Morgan fingerprint density at radius 1 is 1.41 bits per heavy atom. The van der Waals surface area contributed by atoms with Gasteiger partial charge in [-0.15, -0.1) is 0 Å². The number of aliphatic hydroxyl groups excluding tert-OH is 1. The molecule has 3 aromatic rings. The van der Waals surface area contributed by atoms with E-state index in [0.29, 0.717) is 5.56 Å². The van der Waals surface area contributed by atoms with E-state index in [-0.39, 0.29) is 35.9 Å². The van der Waals surface area contributed by atoms with E-state index in [1.807, 2.05) is 0 Å². The number of H-pyrrole nitrogens is 1. The summed E-state index contributed by atoms with van der Waals surface area (Å²) in [4.78, 5) is 29.1. The van der Waals surface area contributed by atoms with Gasteiger partial charge in [0.05, 0.1) is 29.5 Å². The minimum atomic E-state index is -0.877. The fourth-order valence-corrected chi connectivity index (χ4v) is 3.00. The van der Waals surface area contributed by atoms with E-state index in [1.54, 1.807) is 0 Å². The van der Waals surface area contributed by atoms with E-state index in [2.05, 4.69) is 9.97 Å². The zero-order valence-corrected chi connectivity index (χ0v) is 13.7. The summed E-state index contributed by atoms with van der Waals surface area (Å²) in [5, 5.41) is 20.1. The van der Waals surface area contributed by atoms with Crippen LogP contribution in [0.15, 0.2) is 35.3 Å². The molecule has 1 aliphatic rings. The van der Waals surface area contributed by atoms with Gasteiger partial charge in [-0.3, -0.25) is 10.1 Å². The van der Waals surface area contributed by atoms with Gasteiger partial charge in [0.25, 0.3) is 5.69 Å². The van der Waals surface area contributed by atoms with Crippen molar-refractivity contribution in [3.8, 4) is 11.3 Å². The number of hydrogen-bond acceptors (Lipinski definition) is 7. The second-order valence-electron chi connectivity index (χ2n) is 5.82. The second-order valence-corrected chi connectivity index (χ2v) is 5.82. The number of nitrogens with one attached hydrogen (secondary N) is 1. The summed E-state index contributed by atoms with van der Waals surface area (Å²) in [5.41, 5.74) is -0.0532. The number of nitro benzene ring substituents is 1. The van der Waals surface area contributed by atoms with Crippen molar-refractivity contribution < 1.29 is 23.9 Å². The number of aromatic amines is 1. The van der Waals surface area contributed by atoms with Crippen LogP contribution in [0.5, 0.6) is 0 Å². The van der Waals surface area contributed by atoms with Crippen LogP contribution in [0.1, 0.15) is 11.8 Å². The number of benzene rings is 1. The molecule has 10 nitrogen and oxygen atoms in total. The molecule has 140 valence electrons. The van der Waals surface area contributed by atoms with Crippen LogP contribution in [-0.4, -0.2) is 43.9 Å². The molecule has 0 saturated carbocycles. The molecule has 0 radical (unpaired) electrons. The number of imidazole rings is 1. The standard InChI is InChI=1S/C16H13FN4O6/c17-10-5-18-16(23)20-14(11-7-26-12(6-22)27-11)13(19-15(10)20)8-1-3-9(4-2-8)21(24)25/h1-5,11-12,22H,6-7H2,(H,18,23)/t11-,12+/m0/s1. The highest BCUT2D eigenvalue weighted by molar-refractivity contribution is 5.68. The van der Waals surface area contributed by atoms with E-state index in [0.717, 1.165) is 10.6 Å². The molecule has 27 heavy (non-hydrogen) atoms. The van der Waals surface area contributed by atoms with Crippen molar-refractivity contribution >= 4 is 11.3 Å². The molecule has 1 saturated heterocycles. The Hall–Kier alpha value is -3.15. The highest BCUT2D eigenvalue weighted by atomic mass is 19.1. The number of nitro groups is 1. The van der Waals surface area contributed by atoms with Crippen molar-refractivity contribution in [2.45, 2.75) is 12.4 Å². The van der Waals surface area contributed by atoms with Crippen LogP contribution in [0.4, 0.5) is 10.1 Å². The number of nitrogens with zero attached hydrogens (tertiary/aromatic N) is 3. The van der Waals surface area contributed by atoms with E-state index in [1.165, 1.54) is 24.3 Å². The summed E-state index contributed by atoms with van der Waals surface area (Å²) in [6.07, 6.45) is -0.764. The quantitative estimate of drug-likeness (QED) is 0.515. The van der Waals surface area contributed by atoms with Crippen LogP contribution in [0.25, 0.3) is 16.9 Å². The Bertz CT molecular complexity index is 1080. The van der Waals surface area contributed by atoms with Crippen LogP contribution >= 0.6 is 0 Å². The van der Waals surface area contributed by atoms with Crippen molar-refractivity contribution in [2.24, 2.45) is 0 Å². The maximum Gasteiger partial charge on any atom is 0.331 e. The molecule has 3 heterocycles. The topological polar surface area (TPSA) is 132 Å². The Balaban J connectivity index is 1.93. The van der Waals surface area contributed by atoms with Crippen molar-refractivity contribution in [2.75, 3.05) is 13.2 Å². The van der Waals surface area contributed by atoms with Gasteiger partial charge in [0, 0.05) is 23.9 Å². The monoisotopic (exact) mass is 376 g/mol. The summed E-state index contributed by atoms with van der Waals surface area (Å²) in [5.74, 6) is -0.748. The van der Waals surface area contributed by atoms with Gasteiger partial charge in [0.15, 0.2) is 17.8 Å². The number of ether oxygens (including phenoxy) is 2. The average Bonchev–Trinajstić information content (AvgIpc) is 3.29. The number of hydrogen-bond donors (Lipinski definition) is 2. The third-order valence-corrected chi connectivity index (χ3v) is 4.21. The zero-order chi connectivity index (χ0) is 19.1. The van der Waals surface area contributed by atoms with Gasteiger partial charge in [0.2, 0.25) is 0 Å². The van der Waals surface area contributed by atoms with Crippen LogP contribution in [-0.2, 0) is 9.47 Å². The number of aliphatic hydroxyl groups is 1. The number of fused-ring (bicyclic) bond motifs is 1. The number of rotatable bonds is 4. The Kier molecular flexibility index (Phi) is 4.18. The molecule has 2 atom stereocenters. The van der Waals surface area contributed by atoms with Crippen molar-refractivity contribution in [1.82, 2.24) is 14.4 Å². The molecule has 0 bridgehead atoms. The van der Waals surface area contributed by atoms with Crippen molar-refractivity contribution in [3.05, 3.63) is 62.6 Å². The lowest BCUT2D eigenvalue weighted by molar-refractivity contribution is -0.384. The van der Waals surface area contributed by atoms with Crippen molar-refractivity contribution in [3.63, 3.8) is 0 Å². The lowest BCUT2D eigenvalue weighted by atomic mass is 10.1. The van der Waals surface area contributed by atoms with Gasteiger partial charge in [-0.2, -0.15) is 0 Å². The second kappa shape index (κ2) is 6.54. The molecule has 0 unspecified atom stereocenters. The fourth-order valence-electron chi connectivity index (χ4n) is 3.00. The molecule has 2 N–H and O–H groups in total. The minimum Gasteiger partial charge on any atom is -0.391 e. The van der Waals surface area contributed by atoms with Gasteiger partial charge >= 0.3 is 5.69 Å². The molecule has 0 aliphatic carbocycles. The van der Waals surface area contributed by atoms with Crippen LogP contribution in [0.3, 0.4) is 0 Å². The first-order valence-corrected chi connectivity index (χ1v) is 7.92. The van der Waals surface area contributed by atoms with Crippen molar-refractivity contribution in [1.29, 1.82) is 0 Å². The number of aromatic nitrogens is 3. The molecular weight excluding hydrogens is 363 g/mol. The fraction of sp³-hybridized carbons (Fsp3) is 0.250. The molecule has 1 fully saturated rings. The largest absolute Gasteiger partial charge is 0.391 e. The van der Waals surface area contributed by atoms with Gasteiger partial charge in [-0.1, -0.05) is 0 Å². The van der Waals surface area contributed by atoms with E-state index in [9.17, 15) is 24.4 Å². The van der Waals surface area contributed by atoms with Crippen LogP contribution in [0, 0.1) is 15.9 Å². The predicted octanol–water partition coefficient (Wildman–Crippen LogP) is 1.14. The Morgan fingerprint density at radius 3 is 2.78 bits per heavy atom. The summed E-state index contributed by atoms with van der Waals surface area (Å²) in [7, 11) is 0. The van der Waals surface area contributed by atoms with Gasteiger partial charge in [0.1, 0.15) is 6.10 Å².